The third kappa shape index (κ3) is 2.30. The van der Waals surface area contributed by atoms with E-state index in [1.54, 1.807) is 0 Å². The van der Waals surface area contributed by atoms with Gasteiger partial charge in [0.05, 0.1) is 0 Å². The first-order valence-corrected chi connectivity index (χ1v) is 2.83. The van der Waals surface area contributed by atoms with Crippen molar-refractivity contribution in [1.82, 2.24) is 0 Å². The molecule has 0 amide bonds. The fraction of sp³-hybridized carbons (Fsp3) is 0. The summed E-state index contributed by atoms with van der Waals surface area (Å²) >= 11 is 0. The van der Waals surface area contributed by atoms with Crippen molar-refractivity contribution in [3.63, 3.8) is 0 Å². The summed E-state index contributed by atoms with van der Waals surface area (Å²) in [7, 11) is -6.00. The maximum atomic E-state index is 10.5. The molecule has 2 aliphatic rings. The summed E-state index contributed by atoms with van der Waals surface area (Å²) in [4.78, 5) is 0. The van der Waals surface area contributed by atoms with E-state index in [9.17, 15) is 10.0 Å². The van der Waals surface area contributed by atoms with Crippen LogP contribution in [0, 0.1) is 0 Å². The number of hydrogen-bond donors (Lipinski definition) is 0. The zero-order chi connectivity index (χ0) is 7.84. The van der Waals surface area contributed by atoms with Crippen molar-refractivity contribution < 1.29 is 52.4 Å². The Kier molecular flexibility index (Phi) is 3.75. The molecule has 0 spiro atoms. The maximum absolute atomic E-state index is 10.5. The molecule has 56 valence electrons. The second-order valence-electron chi connectivity index (χ2n) is 1.84. The van der Waals surface area contributed by atoms with Crippen LogP contribution < -0.4 is 10.0 Å². The third-order valence-corrected chi connectivity index (χ3v) is 1.11. The van der Waals surface area contributed by atoms with Crippen molar-refractivity contribution in [2.75, 3.05) is 0 Å². The van der Waals surface area contributed by atoms with Gasteiger partial charge >= 0.3 is 48.8 Å². The van der Waals surface area contributed by atoms with Gasteiger partial charge in [-0.1, -0.05) is 0 Å². The van der Waals surface area contributed by atoms with Gasteiger partial charge in [0, 0.05) is 0 Å². The molecule has 0 aromatic heterocycles. The van der Waals surface area contributed by atoms with Crippen LogP contribution in [0.15, 0.2) is 0 Å². The second kappa shape index (κ2) is 4.21. The standard InChI is InChI=1S/B4O7.Zn/c5-1-7-3-9-2(6)10-4(8-1)11-3;/q-2;+2. The van der Waals surface area contributed by atoms with Gasteiger partial charge in [-0.15, -0.1) is 0 Å². The second-order valence-corrected chi connectivity index (χ2v) is 1.84. The van der Waals surface area contributed by atoms with Gasteiger partial charge in [0.1, 0.15) is 0 Å². The first-order chi connectivity index (χ1) is 5.24. The topological polar surface area (TPSA) is 92.3 Å². The Morgan fingerprint density at radius 1 is 0.667 bits per heavy atom. The van der Waals surface area contributed by atoms with Crippen LogP contribution in [0.1, 0.15) is 0 Å². The fourth-order valence-corrected chi connectivity index (χ4v) is 0.710. The zero-order valence-electron chi connectivity index (χ0n) is 5.87. The fourth-order valence-electron chi connectivity index (χ4n) is 0.710. The molecule has 0 aromatic rings. The minimum absolute atomic E-state index is 0. The first-order valence-electron chi connectivity index (χ1n) is 2.83. The van der Waals surface area contributed by atoms with Crippen LogP contribution in [0.3, 0.4) is 0 Å². The number of hydrogen-bond acceptors (Lipinski definition) is 7. The molecule has 2 fully saturated rings. The molecule has 0 N–H and O–H groups in total. The quantitative estimate of drug-likeness (QED) is 0.382. The molecule has 2 aliphatic heterocycles. The van der Waals surface area contributed by atoms with Crippen molar-refractivity contribution in [1.29, 1.82) is 0 Å². The molecule has 7 nitrogen and oxygen atoms in total. The summed E-state index contributed by atoms with van der Waals surface area (Å²) in [5.41, 5.74) is 0. The zero-order valence-corrected chi connectivity index (χ0v) is 8.84. The van der Waals surface area contributed by atoms with Crippen LogP contribution in [0.2, 0.25) is 0 Å². The summed E-state index contributed by atoms with van der Waals surface area (Å²) in [5, 5.41) is 21.0. The van der Waals surface area contributed by atoms with Gasteiger partial charge in [0.25, 0.3) is 0 Å². The summed E-state index contributed by atoms with van der Waals surface area (Å²) < 4.78 is 21.9. The van der Waals surface area contributed by atoms with E-state index in [0.29, 0.717) is 0 Å². The molecule has 0 unspecified atom stereocenters. The monoisotopic (exact) mass is 220 g/mol. The number of rotatable bonds is 0. The van der Waals surface area contributed by atoms with Crippen LogP contribution in [-0.4, -0.2) is 29.3 Å². The summed E-state index contributed by atoms with van der Waals surface area (Å²) in [6.07, 6.45) is 0. The number of fused-ring (bicyclic) bond motifs is 2. The van der Waals surface area contributed by atoms with Gasteiger partial charge in [0.15, 0.2) is 0 Å². The molecule has 2 rings (SSSR count). The van der Waals surface area contributed by atoms with E-state index < -0.39 is 29.3 Å². The van der Waals surface area contributed by atoms with E-state index in [4.69, 9.17) is 0 Å². The SMILES string of the molecule is [O-]B1OB2OB([O-])OB(O1)O2.[Zn+2]. The molecule has 2 heterocycles. The Morgan fingerprint density at radius 2 is 1.00 bits per heavy atom. The van der Waals surface area contributed by atoms with Crippen molar-refractivity contribution in [2.45, 2.75) is 0 Å². The minimum Gasteiger partial charge on any atom is -0.833 e. The molecule has 0 aliphatic carbocycles. The van der Waals surface area contributed by atoms with Crippen molar-refractivity contribution >= 4 is 29.3 Å². The van der Waals surface area contributed by atoms with Crippen molar-refractivity contribution in [2.24, 2.45) is 0 Å². The summed E-state index contributed by atoms with van der Waals surface area (Å²) in [5.74, 6) is 0. The molecule has 0 saturated carbocycles. The van der Waals surface area contributed by atoms with Crippen LogP contribution in [0.4, 0.5) is 0 Å². The Bertz CT molecular complexity index is 121. The summed E-state index contributed by atoms with van der Waals surface area (Å²) in [6.45, 7) is 0. The maximum Gasteiger partial charge on any atom is 2.00 e. The van der Waals surface area contributed by atoms with Gasteiger partial charge in [-0.25, -0.2) is 0 Å². The molecule has 0 aromatic carbocycles. The predicted octanol–water partition coefficient (Wildman–Crippen LogP) is -4.25. The molecular weight excluding hydrogens is 221 g/mol. The van der Waals surface area contributed by atoms with E-state index in [1.807, 2.05) is 0 Å². The van der Waals surface area contributed by atoms with E-state index in [0.717, 1.165) is 0 Å². The average molecular weight is 221 g/mol. The van der Waals surface area contributed by atoms with E-state index in [2.05, 4.69) is 22.9 Å². The van der Waals surface area contributed by atoms with Crippen LogP contribution in [0.25, 0.3) is 0 Å². The Hall–Kier alpha value is 0.603. The van der Waals surface area contributed by atoms with E-state index in [-0.39, 0.29) is 19.5 Å². The molecule has 2 saturated heterocycles. The third-order valence-electron chi connectivity index (χ3n) is 1.11. The average Bonchev–Trinajstić information content (AvgIpc) is 1.82. The molecule has 0 atom stereocenters. The first kappa shape index (κ1) is 10.7. The van der Waals surface area contributed by atoms with E-state index >= 15 is 0 Å². The van der Waals surface area contributed by atoms with Crippen LogP contribution >= 0.6 is 0 Å². The van der Waals surface area contributed by atoms with Gasteiger partial charge in [-0.2, -0.15) is 0 Å². The van der Waals surface area contributed by atoms with Crippen molar-refractivity contribution in [3.05, 3.63) is 0 Å². The Balaban J connectivity index is 0.000000720. The minimum atomic E-state index is -1.73. The van der Waals surface area contributed by atoms with Crippen LogP contribution in [0.5, 0.6) is 0 Å². The predicted molar refractivity (Wildman–Crippen MR) is 28.4 cm³/mol. The normalized spacial score (nSPS) is 22.5. The molecule has 12 heavy (non-hydrogen) atoms. The Morgan fingerprint density at radius 3 is 1.33 bits per heavy atom. The van der Waals surface area contributed by atoms with Gasteiger partial charge in [0.2, 0.25) is 0 Å². The molecule has 0 radical (unpaired) electrons. The Labute approximate surface area is 82.1 Å². The molecule has 2 bridgehead atoms. The van der Waals surface area contributed by atoms with E-state index in [1.165, 1.54) is 0 Å². The van der Waals surface area contributed by atoms with Gasteiger partial charge < -0.3 is 32.9 Å². The smallest absolute Gasteiger partial charge is 0.833 e. The van der Waals surface area contributed by atoms with Crippen molar-refractivity contribution in [3.8, 4) is 0 Å². The molecular formula is B4O7Zn. The van der Waals surface area contributed by atoms with Crippen LogP contribution in [-0.2, 0) is 42.3 Å². The molecule has 12 heteroatoms. The largest absolute Gasteiger partial charge is 2.00 e. The summed E-state index contributed by atoms with van der Waals surface area (Å²) in [6, 6.07) is 0. The van der Waals surface area contributed by atoms with Gasteiger partial charge in [-0.05, 0) is 0 Å². The van der Waals surface area contributed by atoms with Gasteiger partial charge in [-0.3, -0.25) is 0 Å².